The van der Waals surface area contributed by atoms with Gasteiger partial charge in [0.05, 0.1) is 4.83 Å². The molecule has 11 heavy (non-hydrogen) atoms. The molecule has 60 valence electrons. The molecule has 0 bridgehead atoms. The summed E-state index contributed by atoms with van der Waals surface area (Å²) >= 11 is 3.41. The first-order valence-corrected chi connectivity index (χ1v) is 4.38. The van der Waals surface area contributed by atoms with Gasteiger partial charge in [-0.1, -0.05) is 15.9 Å². The first-order valence-electron chi connectivity index (χ1n) is 3.47. The van der Waals surface area contributed by atoms with Crippen LogP contribution in [0.25, 0.3) is 0 Å². The Morgan fingerprint density at radius 2 is 2.55 bits per heavy atom. The summed E-state index contributed by atoms with van der Waals surface area (Å²) in [6, 6.07) is 3.88. The van der Waals surface area contributed by atoms with E-state index in [1.165, 1.54) is 0 Å². The molecule has 1 atom stereocenters. The molecule has 0 fully saturated rings. The molecule has 0 aliphatic rings. The Morgan fingerprint density at radius 1 is 1.82 bits per heavy atom. The van der Waals surface area contributed by atoms with Crippen molar-refractivity contribution in [3.8, 4) is 0 Å². The highest BCUT2D eigenvalue weighted by molar-refractivity contribution is 9.09. The summed E-state index contributed by atoms with van der Waals surface area (Å²) in [6.07, 6.45) is 2.39. The van der Waals surface area contributed by atoms with Crippen LogP contribution >= 0.6 is 15.9 Å². The maximum atomic E-state index is 10.7. The SMILES string of the molecule is CC(=O)CC(Br)c1ccc[nH]1. The Labute approximate surface area is 74.1 Å². The van der Waals surface area contributed by atoms with E-state index in [1.54, 1.807) is 6.92 Å². The average molecular weight is 216 g/mol. The van der Waals surface area contributed by atoms with Crippen LogP contribution in [0.1, 0.15) is 23.9 Å². The monoisotopic (exact) mass is 215 g/mol. The topological polar surface area (TPSA) is 32.9 Å². The van der Waals surface area contributed by atoms with E-state index >= 15 is 0 Å². The van der Waals surface area contributed by atoms with E-state index in [-0.39, 0.29) is 10.6 Å². The molecule has 0 aliphatic carbocycles. The number of Topliss-reactive ketones (excluding diaryl/α,β-unsaturated/α-hetero) is 1. The van der Waals surface area contributed by atoms with Crippen LogP contribution in [0, 0.1) is 0 Å². The van der Waals surface area contributed by atoms with Crippen LogP contribution < -0.4 is 0 Å². The molecular formula is C8H10BrNO. The number of aromatic nitrogens is 1. The molecule has 0 saturated heterocycles. The van der Waals surface area contributed by atoms with Crippen molar-refractivity contribution in [2.45, 2.75) is 18.2 Å². The standard InChI is InChI=1S/C8H10BrNO/c1-6(11)5-7(9)8-3-2-4-10-8/h2-4,7,10H,5H2,1H3. The quantitative estimate of drug-likeness (QED) is 0.773. The molecule has 0 radical (unpaired) electrons. The fourth-order valence-corrected chi connectivity index (χ4v) is 1.64. The molecule has 1 rings (SSSR count). The van der Waals surface area contributed by atoms with Crippen molar-refractivity contribution in [3.05, 3.63) is 24.0 Å². The second-order valence-electron chi connectivity index (χ2n) is 2.50. The van der Waals surface area contributed by atoms with Crippen molar-refractivity contribution in [1.82, 2.24) is 4.98 Å². The van der Waals surface area contributed by atoms with Crippen molar-refractivity contribution in [3.63, 3.8) is 0 Å². The predicted octanol–water partition coefficient (Wildman–Crippen LogP) is 2.43. The lowest BCUT2D eigenvalue weighted by Gasteiger charge is -2.03. The molecule has 1 N–H and O–H groups in total. The summed E-state index contributed by atoms with van der Waals surface area (Å²) in [5.74, 6) is 0.196. The van der Waals surface area contributed by atoms with Crippen molar-refractivity contribution < 1.29 is 4.79 Å². The minimum atomic E-state index is 0.134. The van der Waals surface area contributed by atoms with Crippen molar-refractivity contribution >= 4 is 21.7 Å². The zero-order chi connectivity index (χ0) is 8.27. The van der Waals surface area contributed by atoms with Crippen LogP contribution in [0.2, 0.25) is 0 Å². The number of hydrogen-bond donors (Lipinski definition) is 1. The summed E-state index contributed by atoms with van der Waals surface area (Å²) < 4.78 is 0. The van der Waals surface area contributed by atoms with Gasteiger partial charge in [0, 0.05) is 18.3 Å². The molecule has 1 aromatic heterocycles. The summed E-state index contributed by atoms with van der Waals surface area (Å²) in [5.41, 5.74) is 1.06. The minimum absolute atomic E-state index is 0.134. The first-order chi connectivity index (χ1) is 5.20. The predicted molar refractivity (Wildman–Crippen MR) is 47.8 cm³/mol. The maximum absolute atomic E-state index is 10.7. The van der Waals surface area contributed by atoms with Gasteiger partial charge in [-0.05, 0) is 19.1 Å². The van der Waals surface area contributed by atoms with E-state index in [1.807, 2.05) is 18.3 Å². The smallest absolute Gasteiger partial charge is 0.131 e. The van der Waals surface area contributed by atoms with Crippen molar-refractivity contribution in [1.29, 1.82) is 0 Å². The van der Waals surface area contributed by atoms with Gasteiger partial charge >= 0.3 is 0 Å². The number of halogens is 1. The van der Waals surface area contributed by atoms with Crippen LogP contribution in [0.4, 0.5) is 0 Å². The Balaban J connectivity index is 2.56. The molecule has 3 heteroatoms. The molecule has 0 aliphatic heterocycles. The molecule has 2 nitrogen and oxygen atoms in total. The number of carbonyl (C=O) groups excluding carboxylic acids is 1. The average Bonchev–Trinajstić information content (AvgIpc) is 2.35. The number of H-pyrrole nitrogens is 1. The Morgan fingerprint density at radius 3 is 3.00 bits per heavy atom. The minimum Gasteiger partial charge on any atom is -0.364 e. The summed E-state index contributed by atoms with van der Waals surface area (Å²) in [7, 11) is 0. The third-order valence-electron chi connectivity index (χ3n) is 1.43. The van der Waals surface area contributed by atoms with Crippen molar-refractivity contribution in [2.75, 3.05) is 0 Å². The van der Waals surface area contributed by atoms with E-state index in [9.17, 15) is 4.79 Å². The Bertz CT molecular complexity index is 230. The van der Waals surface area contributed by atoms with E-state index in [0.29, 0.717) is 6.42 Å². The third-order valence-corrected chi connectivity index (χ3v) is 2.24. The fraction of sp³-hybridized carbons (Fsp3) is 0.375. The highest BCUT2D eigenvalue weighted by Gasteiger charge is 2.09. The van der Waals surface area contributed by atoms with Gasteiger partial charge in [-0.25, -0.2) is 0 Å². The molecule has 0 aromatic carbocycles. The highest BCUT2D eigenvalue weighted by Crippen LogP contribution is 2.24. The maximum Gasteiger partial charge on any atom is 0.131 e. The van der Waals surface area contributed by atoms with E-state index in [4.69, 9.17) is 0 Å². The van der Waals surface area contributed by atoms with Gasteiger partial charge in [-0.3, -0.25) is 4.79 Å². The van der Waals surface area contributed by atoms with E-state index in [0.717, 1.165) is 5.69 Å². The third kappa shape index (κ3) is 2.50. The van der Waals surface area contributed by atoms with Crippen molar-refractivity contribution in [2.24, 2.45) is 0 Å². The molecular weight excluding hydrogens is 206 g/mol. The number of ketones is 1. The second kappa shape index (κ2) is 3.72. The van der Waals surface area contributed by atoms with Gasteiger partial charge in [-0.15, -0.1) is 0 Å². The normalized spacial score (nSPS) is 12.9. The number of nitrogens with one attached hydrogen (secondary N) is 1. The first kappa shape index (κ1) is 8.53. The largest absolute Gasteiger partial charge is 0.364 e. The number of aromatic amines is 1. The molecule has 0 spiro atoms. The van der Waals surface area contributed by atoms with E-state index in [2.05, 4.69) is 20.9 Å². The second-order valence-corrected chi connectivity index (χ2v) is 3.60. The van der Waals surface area contributed by atoms with Crippen LogP contribution in [-0.4, -0.2) is 10.8 Å². The zero-order valence-electron chi connectivity index (χ0n) is 6.30. The van der Waals surface area contributed by atoms with Gasteiger partial charge in [0.2, 0.25) is 0 Å². The lowest BCUT2D eigenvalue weighted by molar-refractivity contribution is -0.117. The number of hydrogen-bond acceptors (Lipinski definition) is 1. The molecule has 1 aromatic rings. The van der Waals surface area contributed by atoms with Gasteiger partial charge in [0.1, 0.15) is 5.78 Å². The summed E-state index contributed by atoms with van der Waals surface area (Å²) in [4.78, 5) is 13.9. The number of alkyl halides is 1. The lowest BCUT2D eigenvalue weighted by Crippen LogP contribution is -1.97. The van der Waals surface area contributed by atoms with Gasteiger partial charge < -0.3 is 4.98 Å². The zero-order valence-corrected chi connectivity index (χ0v) is 7.89. The van der Waals surface area contributed by atoms with Crippen LogP contribution in [0.5, 0.6) is 0 Å². The molecule has 0 saturated carbocycles. The Hall–Kier alpha value is -0.570. The number of carbonyl (C=O) groups is 1. The number of rotatable bonds is 3. The van der Waals surface area contributed by atoms with Gasteiger partial charge in [0.15, 0.2) is 0 Å². The molecule has 1 heterocycles. The molecule has 1 unspecified atom stereocenters. The van der Waals surface area contributed by atoms with Crippen LogP contribution in [0.3, 0.4) is 0 Å². The van der Waals surface area contributed by atoms with E-state index < -0.39 is 0 Å². The lowest BCUT2D eigenvalue weighted by atomic mass is 10.2. The van der Waals surface area contributed by atoms with Gasteiger partial charge in [0.25, 0.3) is 0 Å². The fourth-order valence-electron chi connectivity index (χ4n) is 0.901. The molecule has 0 amide bonds. The summed E-state index contributed by atoms with van der Waals surface area (Å²) in [5, 5.41) is 0. The van der Waals surface area contributed by atoms with Crippen LogP contribution in [0.15, 0.2) is 18.3 Å². The Kier molecular flexibility index (Phi) is 2.88. The van der Waals surface area contributed by atoms with Gasteiger partial charge in [-0.2, -0.15) is 0 Å². The summed E-state index contributed by atoms with van der Waals surface area (Å²) in [6.45, 7) is 1.59. The van der Waals surface area contributed by atoms with Crippen LogP contribution in [-0.2, 0) is 4.79 Å². The highest BCUT2D eigenvalue weighted by atomic mass is 79.9.